The van der Waals surface area contributed by atoms with Crippen molar-refractivity contribution in [3.05, 3.63) is 29.8 Å². The Labute approximate surface area is 116 Å². The third kappa shape index (κ3) is 2.99. The van der Waals surface area contributed by atoms with Gasteiger partial charge in [-0.1, -0.05) is 46.8 Å². The molecular formula is C17H25NO. The smallest absolute Gasteiger partial charge is 0.142 e. The van der Waals surface area contributed by atoms with Gasteiger partial charge in [-0.15, -0.1) is 0 Å². The van der Waals surface area contributed by atoms with E-state index >= 15 is 0 Å². The zero-order chi connectivity index (χ0) is 14.3. The number of nitrogens with zero attached hydrogens (tertiary/aromatic N) is 1. The van der Waals surface area contributed by atoms with Crippen molar-refractivity contribution in [1.82, 2.24) is 0 Å². The molecule has 0 atom stereocenters. The Kier molecular flexibility index (Phi) is 3.46. The van der Waals surface area contributed by atoms with Gasteiger partial charge >= 0.3 is 0 Å². The molecule has 1 aromatic rings. The number of benzene rings is 1. The Morgan fingerprint density at radius 3 is 2.16 bits per heavy atom. The van der Waals surface area contributed by atoms with E-state index in [2.05, 4.69) is 49.9 Å². The van der Waals surface area contributed by atoms with Crippen LogP contribution in [0.5, 0.6) is 0 Å². The number of carbonyl (C=O) groups excluding carboxylic acids is 1. The molecule has 1 aliphatic heterocycles. The van der Waals surface area contributed by atoms with E-state index in [4.69, 9.17) is 0 Å². The lowest BCUT2D eigenvalue weighted by Gasteiger charge is -2.38. The van der Waals surface area contributed by atoms with Crippen LogP contribution in [0.4, 0.5) is 5.69 Å². The molecule has 0 saturated carbocycles. The molecule has 1 fully saturated rings. The molecule has 1 heterocycles. The monoisotopic (exact) mass is 259 g/mol. The minimum absolute atomic E-state index is 0.190. The van der Waals surface area contributed by atoms with E-state index in [1.54, 1.807) is 0 Å². The van der Waals surface area contributed by atoms with Gasteiger partial charge in [-0.3, -0.25) is 4.79 Å². The number of anilines is 1. The first-order valence-electron chi connectivity index (χ1n) is 7.09. The maximum absolute atomic E-state index is 11.9. The SMILES string of the molecule is CC1(C)CN(c2ccc(C(C)(C)C)cc2)CCC1=O. The molecule has 0 N–H and O–H groups in total. The van der Waals surface area contributed by atoms with E-state index in [9.17, 15) is 4.79 Å². The molecule has 1 aliphatic rings. The van der Waals surface area contributed by atoms with Crippen LogP contribution in [0.1, 0.15) is 46.6 Å². The maximum Gasteiger partial charge on any atom is 0.142 e. The summed E-state index contributed by atoms with van der Waals surface area (Å²) in [5.41, 5.74) is 2.55. The van der Waals surface area contributed by atoms with Gasteiger partial charge in [0.25, 0.3) is 0 Å². The highest BCUT2D eigenvalue weighted by atomic mass is 16.1. The Hall–Kier alpha value is -1.31. The lowest BCUT2D eigenvalue weighted by atomic mass is 9.82. The predicted molar refractivity (Wildman–Crippen MR) is 80.8 cm³/mol. The molecule has 1 saturated heterocycles. The van der Waals surface area contributed by atoms with Gasteiger partial charge < -0.3 is 4.90 Å². The number of ketones is 1. The van der Waals surface area contributed by atoms with E-state index in [0.717, 1.165) is 13.1 Å². The lowest BCUT2D eigenvalue weighted by molar-refractivity contribution is -0.127. The second-order valence-corrected chi connectivity index (χ2v) is 7.28. The van der Waals surface area contributed by atoms with Crippen LogP contribution in [-0.4, -0.2) is 18.9 Å². The van der Waals surface area contributed by atoms with Gasteiger partial charge in [0.2, 0.25) is 0 Å². The van der Waals surface area contributed by atoms with Crippen molar-refractivity contribution in [2.45, 2.75) is 46.5 Å². The van der Waals surface area contributed by atoms with Crippen LogP contribution >= 0.6 is 0 Å². The molecule has 0 bridgehead atoms. The van der Waals surface area contributed by atoms with Crippen molar-refractivity contribution in [3.63, 3.8) is 0 Å². The molecule has 1 aromatic carbocycles. The van der Waals surface area contributed by atoms with E-state index in [1.165, 1.54) is 11.3 Å². The first-order chi connectivity index (χ1) is 8.70. The molecule has 2 heteroatoms. The van der Waals surface area contributed by atoms with Gasteiger partial charge in [-0.05, 0) is 23.1 Å². The van der Waals surface area contributed by atoms with Crippen LogP contribution in [0.3, 0.4) is 0 Å². The number of piperidine rings is 1. The highest BCUT2D eigenvalue weighted by molar-refractivity contribution is 5.86. The Morgan fingerprint density at radius 1 is 1.11 bits per heavy atom. The molecule has 0 aliphatic carbocycles. The molecule has 0 radical (unpaired) electrons. The van der Waals surface area contributed by atoms with Gasteiger partial charge in [0, 0.05) is 30.6 Å². The fourth-order valence-electron chi connectivity index (χ4n) is 2.61. The van der Waals surface area contributed by atoms with E-state index < -0.39 is 0 Å². The van der Waals surface area contributed by atoms with Gasteiger partial charge in [0.1, 0.15) is 5.78 Å². The summed E-state index contributed by atoms with van der Waals surface area (Å²) in [5, 5.41) is 0. The second-order valence-electron chi connectivity index (χ2n) is 7.28. The van der Waals surface area contributed by atoms with E-state index in [1.807, 2.05) is 13.8 Å². The highest BCUT2D eigenvalue weighted by Crippen LogP contribution is 2.30. The average Bonchev–Trinajstić information content (AvgIpc) is 2.32. The number of carbonyl (C=O) groups is 1. The van der Waals surface area contributed by atoms with Crippen LogP contribution in [0.15, 0.2) is 24.3 Å². The largest absolute Gasteiger partial charge is 0.370 e. The fourth-order valence-corrected chi connectivity index (χ4v) is 2.61. The summed E-state index contributed by atoms with van der Waals surface area (Å²) in [6.07, 6.45) is 0.661. The minimum atomic E-state index is -0.221. The first-order valence-corrected chi connectivity index (χ1v) is 7.09. The van der Waals surface area contributed by atoms with Crippen LogP contribution in [0, 0.1) is 5.41 Å². The number of hydrogen-bond donors (Lipinski definition) is 0. The van der Waals surface area contributed by atoms with Gasteiger partial charge in [0.05, 0.1) is 0 Å². The molecule has 2 nitrogen and oxygen atoms in total. The minimum Gasteiger partial charge on any atom is -0.370 e. The van der Waals surface area contributed by atoms with Crippen molar-refractivity contribution in [2.24, 2.45) is 5.41 Å². The van der Waals surface area contributed by atoms with Gasteiger partial charge in [-0.2, -0.15) is 0 Å². The van der Waals surface area contributed by atoms with Crippen LogP contribution in [0.25, 0.3) is 0 Å². The molecular weight excluding hydrogens is 234 g/mol. The van der Waals surface area contributed by atoms with E-state index in [-0.39, 0.29) is 10.8 Å². The quantitative estimate of drug-likeness (QED) is 0.765. The van der Waals surface area contributed by atoms with E-state index in [0.29, 0.717) is 12.2 Å². The van der Waals surface area contributed by atoms with Gasteiger partial charge in [0.15, 0.2) is 0 Å². The number of rotatable bonds is 1. The number of Topliss-reactive ketones (excluding diaryl/α,β-unsaturated/α-hetero) is 1. The van der Waals surface area contributed by atoms with Crippen molar-refractivity contribution in [3.8, 4) is 0 Å². The topological polar surface area (TPSA) is 20.3 Å². The Balaban J connectivity index is 2.17. The summed E-state index contributed by atoms with van der Waals surface area (Å²) in [6.45, 7) is 12.4. The van der Waals surface area contributed by atoms with Crippen molar-refractivity contribution < 1.29 is 4.79 Å². The molecule has 2 rings (SSSR count). The normalized spacial score (nSPS) is 19.6. The third-order valence-electron chi connectivity index (χ3n) is 4.05. The summed E-state index contributed by atoms with van der Waals surface area (Å²) in [6, 6.07) is 8.79. The molecule has 0 aromatic heterocycles. The fraction of sp³-hybridized carbons (Fsp3) is 0.588. The third-order valence-corrected chi connectivity index (χ3v) is 4.05. The van der Waals surface area contributed by atoms with Crippen molar-refractivity contribution >= 4 is 11.5 Å². The van der Waals surface area contributed by atoms with Crippen molar-refractivity contribution in [2.75, 3.05) is 18.0 Å². The summed E-state index contributed by atoms with van der Waals surface area (Å²) >= 11 is 0. The summed E-state index contributed by atoms with van der Waals surface area (Å²) in [5.74, 6) is 0.384. The summed E-state index contributed by atoms with van der Waals surface area (Å²) in [4.78, 5) is 14.2. The molecule has 0 spiro atoms. The maximum atomic E-state index is 11.9. The standard InChI is InChI=1S/C17H25NO/c1-16(2,3)13-6-8-14(9-7-13)18-11-10-15(19)17(4,5)12-18/h6-9H,10-12H2,1-5H3. The zero-order valence-electron chi connectivity index (χ0n) is 12.8. The summed E-state index contributed by atoms with van der Waals surface area (Å²) in [7, 11) is 0. The lowest BCUT2D eigenvalue weighted by Crippen LogP contribution is -2.46. The summed E-state index contributed by atoms with van der Waals surface area (Å²) < 4.78 is 0. The van der Waals surface area contributed by atoms with Gasteiger partial charge in [-0.25, -0.2) is 0 Å². The number of hydrogen-bond acceptors (Lipinski definition) is 2. The Morgan fingerprint density at radius 2 is 1.68 bits per heavy atom. The molecule has 0 amide bonds. The predicted octanol–water partition coefficient (Wildman–Crippen LogP) is 3.79. The Bertz CT molecular complexity index is 465. The van der Waals surface area contributed by atoms with Crippen LogP contribution < -0.4 is 4.90 Å². The average molecular weight is 259 g/mol. The first kappa shape index (κ1) is 14.1. The molecule has 0 unspecified atom stereocenters. The van der Waals surface area contributed by atoms with Crippen LogP contribution in [-0.2, 0) is 10.2 Å². The highest BCUT2D eigenvalue weighted by Gasteiger charge is 2.34. The van der Waals surface area contributed by atoms with Crippen LogP contribution in [0.2, 0.25) is 0 Å². The molecule has 104 valence electrons. The molecule has 19 heavy (non-hydrogen) atoms. The van der Waals surface area contributed by atoms with Crippen molar-refractivity contribution in [1.29, 1.82) is 0 Å². The zero-order valence-corrected chi connectivity index (χ0v) is 12.8. The second kappa shape index (κ2) is 4.66.